The summed E-state index contributed by atoms with van der Waals surface area (Å²) < 4.78 is 1.38. The molecule has 0 spiro atoms. The molecule has 15 heavy (non-hydrogen) atoms. The highest BCUT2D eigenvalue weighted by molar-refractivity contribution is 9.10. The SMILES string of the molecule is CSC1(CNc2ncc(N)cc2Br)CC1. The standard InChI is InChI=1S/C10H14BrN3S/c1-15-10(2-3-10)6-14-9-8(11)4-7(12)5-13-9/h4-5H,2-3,6,12H2,1H3,(H,13,14). The summed E-state index contributed by atoms with van der Waals surface area (Å²) in [6.45, 7) is 0.976. The summed E-state index contributed by atoms with van der Waals surface area (Å²) in [5, 5.41) is 3.36. The average molecular weight is 288 g/mol. The Balaban J connectivity index is 1.99. The number of nitrogens with one attached hydrogen (secondary N) is 1. The number of aromatic nitrogens is 1. The summed E-state index contributed by atoms with van der Waals surface area (Å²) in [6.07, 6.45) is 6.44. The Morgan fingerprint density at radius 2 is 2.40 bits per heavy atom. The number of hydrogen-bond acceptors (Lipinski definition) is 4. The predicted octanol–water partition coefficient (Wildman–Crippen LogP) is 2.73. The lowest BCUT2D eigenvalue weighted by Crippen LogP contribution is -2.18. The molecule has 0 saturated heterocycles. The summed E-state index contributed by atoms with van der Waals surface area (Å²) >= 11 is 5.38. The zero-order chi connectivity index (χ0) is 10.9. The summed E-state index contributed by atoms with van der Waals surface area (Å²) in [7, 11) is 0. The Labute approximate surface area is 102 Å². The normalized spacial score (nSPS) is 17.5. The van der Waals surface area contributed by atoms with Crippen LogP contribution < -0.4 is 11.1 Å². The van der Waals surface area contributed by atoms with Gasteiger partial charge in [-0.2, -0.15) is 11.8 Å². The van der Waals surface area contributed by atoms with E-state index in [-0.39, 0.29) is 0 Å². The molecule has 0 aliphatic heterocycles. The molecule has 2 rings (SSSR count). The Morgan fingerprint density at radius 1 is 1.67 bits per heavy atom. The van der Waals surface area contributed by atoms with Crippen LogP contribution in [0, 0.1) is 0 Å². The maximum absolute atomic E-state index is 5.62. The predicted molar refractivity (Wildman–Crippen MR) is 70.3 cm³/mol. The Hall–Kier alpha value is -0.420. The van der Waals surface area contributed by atoms with Gasteiger partial charge in [0.05, 0.1) is 16.4 Å². The van der Waals surface area contributed by atoms with Crippen molar-refractivity contribution in [3.63, 3.8) is 0 Å². The second-order valence-corrected chi connectivity index (χ2v) is 5.97. The molecule has 1 heterocycles. The van der Waals surface area contributed by atoms with Crippen molar-refractivity contribution < 1.29 is 0 Å². The second kappa shape index (κ2) is 4.22. The molecule has 1 aliphatic rings. The van der Waals surface area contributed by atoms with Crippen molar-refractivity contribution >= 4 is 39.2 Å². The second-order valence-electron chi connectivity index (χ2n) is 3.84. The van der Waals surface area contributed by atoms with Crippen LogP contribution in [0.15, 0.2) is 16.7 Å². The molecule has 0 unspecified atom stereocenters. The highest BCUT2D eigenvalue weighted by Gasteiger charge is 2.41. The lowest BCUT2D eigenvalue weighted by atomic mass is 10.4. The maximum Gasteiger partial charge on any atom is 0.140 e. The van der Waals surface area contributed by atoms with Crippen LogP contribution in [-0.2, 0) is 0 Å². The van der Waals surface area contributed by atoms with E-state index in [1.807, 2.05) is 17.8 Å². The van der Waals surface area contributed by atoms with E-state index in [9.17, 15) is 0 Å². The largest absolute Gasteiger partial charge is 0.397 e. The van der Waals surface area contributed by atoms with Crippen molar-refractivity contribution in [3.05, 3.63) is 16.7 Å². The summed E-state index contributed by atoms with van der Waals surface area (Å²) in [6, 6.07) is 1.87. The van der Waals surface area contributed by atoms with Gasteiger partial charge in [-0.15, -0.1) is 0 Å². The molecule has 1 fully saturated rings. The molecule has 1 saturated carbocycles. The molecule has 3 N–H and O–H groups in total. The lowest BCUT2D eigenvalue weighted by Gasteiger charge is -2.14. The van der Waals surface area contributed by atoms with Gasteiger partial charge in [0.2, 0.25) is 0 Å². The Morgan fingerprint density at radius 3 is 2.93 bits per heavy atom. The van der Waals surface area contributed by atoms with Crippen LogP contribution in [0.4, 0.5) is 11.5 Å². The van der Waals surface area contributed by atoms with E-state index in [0.29, 0.717) is 10.4 Å². The molecular formula is C10H14BrN3S. The number of nitrogen functional groups attached to an aromatic ring is 1. The first-order valence-electron chi connectivity index (χ1n) is 4.85. The van der Waals surface area contributed by atoms with E-state index in [2.05, 4.69) is 32.5 Å². The van der Waals surface area contributed by atoms with Gasteiger partial charge >= 0.3 is 0 Å². The zero-order valence-electron chi connectivity index (χ0n) is 8.59. The van der Waals surface area contributed by atoms with Gasteiger partial charge in [-0.1, -0.05) is 0 Å². The highest BCUT2D eigenvalue weighted by Crippen LogP contribution is 2.47. The summed E-state index contributed by atoms with van der Waals surface area (Å²) in [5.41, 5.74) is 6.30. The fourth-order valence-corrected chi connectivity index (χ4v) is 2.65. The van der Waals surface area contributed by atoms with Crippen LogP contribution in [0.2, 0.25) is 0 Å². The number of nitrogens with zero attached hydrogens (tertiary/aromatic N) is 1. The van der Waals surface area contributed by atoms with Crippen molar-refractivity contribution in [3.8, 4) is 0 Å². The third kappa shape index (κ3) is 2.58. The van der Waals surface area contributed by atoms with Gasteiger partial charge in [0.25, 0.3) is 0 Å². The quantitative estimate of drug-likeness (QED) is 0.894. The van der Waals surface area contributed by atoms with Gasteiger partial charge in [-0.25, -0.2) is 4.98 Å². The molecule has 0 aromatic carbocycles. The molecule has 5 heteroatoms. The smallest absolute Gasteiger partial charge is 0.140 e. The van der Waals surface area contributed by atoms with Gasteiger partial charge < -0.3 is 11.1 Å². The number of rotatable bonds is 4. The minimum absolute atomic E-state index is 0.447. The Bertz CT molecular complexity index is 366. The zero-order valence-corrected chi connectivity index (χ0v) is 11.0. The van der Waals surface area contributed by atoms with E-state index >= 15 is 0 Å². The topological polar surface area (TPSA) is 50.9 Å². The van der Waals surface area contributed by atoms with Gasteiger partial charge in [0.1, 0.15) is 5.82 Å². The summed E-state index contributed by atoms with van der Waals surface area (Å²) in [4.78, 5) is 4.25. The molecule has 0 atom stereocenters. The van der Waals surface area contributed by atoms with Gasteiger partial charge in [0.15, 0.2) is 0 Å². The van der Waals surface area contributed by atoms with Crippen LogP contribution in [0.1, 0.15) is 12.8 Å². The van der Waals surface area contributed by atoms with E-state index < -0.39 is 0 Å². The van der Waals surface area contributed by atoms with Crippen LogP contribution in [0.25, 0.3) is 0 Å². The van der Waals surface area contributed by atoms with Crippen molar-refractivity contribution in [1.82, 2.24) is 4.98 Å². The molecule has 1 aromatic heterocycles. The molecule has 0 amide bonds. The molecule has 82 valence electrons. The molecule has 1 aromatic rings. The van der Waals surface area contributed by atoms with E-state index in [1.165, 1.54) is 12.8 Å². The number of nitrogens with two attached hydrogens (primary N) is 1. The van der Waals surface area contributed by atoms with E-state index in [4.69, 9.17) is 5.73 Å². The molecule has 0 radical (unpaired) electrons. The van der Waals surface area contributed by atoms with Crippen LogP contribution in [0.5, 0.6) is 0 Å². The number of hydrogen-bond donors (Lipinski definition) is 2. The third-order valence-corrected chi connectivity index (χ3v) is 4.70. The van der Waals surface area contributed by atoms with Gasteiger partial charge in [0, 0.05) is 11.3 Å². The van der Waals surface area contributed by atoms with Crippen LogP contribution in [-0.4, -0.2) is 22.5 Å². The highest BCUT2D eigenvalue weighted by atomic mass is 79.9. The number of pyridine rings is 1. The van der Waals surface area contributed by atoms with Crippen LogP contribution in [0.3, 0.4) is 0 Å². The van der Waals surface area contributed by atoms with E-state index in [0.717, 1.165) is 16.8 Å². The lowest BCUT2D eigenvalue weighted by molar-refractivity contribution is 0.939. The van der Waals surface area contributed by atoms with Crippen molar-refractivity contribution in [2.24, 2.45) is 0 Å². The van der Waals surface area contributed by atoms with Gasteiger partial charge in [-0.3, -0.25) is 0 Å². The number of halogens is 1. The molecule has 0 bridgehead atoms. The number of thioether (sulfide) groups is 1. The Kier molecular flexibility index (Phi) is 3.11. The third-order valence-electron chi connectivity index (χ3n) is 2.68. The molecule has 1 aliphatic carbocycles. The fraction of sp³-hybridized carbons (Fsp3) is 0.500. The maximum atomic E-state index is 5.62. The van der Waals surface area contributed by atoms with Crippen LogP contribution >= 0.6 is 27.7 Å². The van der Waals surface area contributed by atoms with Crippen molar-refractivity contribution in [2.45, 2.75) is 17.6 Å². The summed E-state index contributed by atoms with van der Waals surface area (Å²) in [5.74, 6) is 0.879. The molecule has 3 nitrogen and oxygen atoms in total. The number of anilines is 2. The minimum Gasteiger partial charge on any atom is -0.397 e. The molecular weight excluding hydrogens is 274 g/mol. The first-order chi connectivity index (χ1) is 7.15. The van der Waals surface area contributed by atoms with Crippen molar-refractivity contribution in [2.75, 3.05) is 23.9 Å². The first kappa shape index (κ1) is 11.1. The minimum atomic E-state index is 0.447. The fourth-order valence-electron chi connectivity index (χ4n) is 1.42. The average Bonchev–Trinajstić information content (AvgIpc) is 2.97. The monoisotopic (exact) mass is 287 g/mol. The van der Waals surface area contributed by atoms with Crippen molar-refractivity contribution in [1.29, 1.82) is 0 Å². The van der Waals surface area contributed by atoms with Gasteiger partial charge in [-0.05, 0) is 41.1 Å². The first-order valence-corrected chi connectivity index (χ1v) is 6.87. The van der Waals surface area contributed by atoms with E-state index in [1.54, 1.807) is 6.20 Å².